The van der Waals surface area contributed by atoms with Gasteiger partial charge in [-0.3, -0.25) is 10.3 Å². The maximum Gasteiger partial charge on any atom is 0.139 e. The number of allylic oxidation sites excluding steroid dienone is 2. The second kappa shape index (κ2) is 7.04. The summed E-state index contributed by atoms with van der Waals surface area (Å²) in [6.07, 6.45) is 7.80. The van der Waals surface area contributed by atoms with Crippen molar-refractivity contribution < 1.29 is 0 Å². The van der Waals surface area contributed by atoms with Gasteiger partial charge >= 0.3 is 0 Å². The molecule has 2 aromatic rings. The highest BCUT2D eigenvalue weighted by molar-refractivity contribution is 6.20. The molecule has 2 unspecified atom stereocenters. The Kier molecular flexibility index (Phi) is 4.82. The number of pyridine rings is 1. The molecule has 128 valence electrons. The largest absolute Gasteiger partial charge is 0.345 e. The third kappa shape index (κ3) is 3.54. The molecule has 1 aliphatic heterocycles. The standard InChI is InChI=1S/C20H23N5/c1-13-7-8-17(24-19(21)14(13)2)16-12-23-20-18(16)15(9-10-22-20)6-5-11-25(3)4/h7-10,12-14,21H,11H2,1-4H3,(H,22,23). The Balaban J connectivity index is 2.11. The highest BCUT2D eigenvalue weighted by Gasteiger charge is 2.20. The van der Waals surface area contributed by atoms with Crippen molar-refractivity contribution in [2.75, 3.05) is 20.6 Å². The van der Waals surface area contributed by atoms with E-state index in [1.54, 1.807) is 6.20 Å². The number of fused-ring (bicyclic) bond motifs is 1. The number of rotatable bonds is 2. The third-order valence-corrected chi connectivity index (χ3v) is 4.49. The molecule has 0 amide bonds. The number of aromatic amines is 1. The lowest BCUT2D eigenvalue weighted by Gasteiger charge is -2.12. The number of nitrogens with one attached hydrogen (secondary N) is 2. The Morgan fingerprint density at radius 2 is 2.12 bits per heavy atom. The first-order chi connectivity index (χ1) is 12.0. The molecule has 3 rings (SSSR count). The summed E-state index contributed by atoms with van der Waals surface area (Å²) in [5.41, 5.74) is 3.45. The quantitative estimate of drug-likeness (QED) is 0.829. The summed E-state index contributed by atoms with van der Waals surface area (Å²) in [7, 11) is 4.00. The fourth-order valence-corrected chi connectivity index (χ4v) is 2.73. The fourth-order valence-electron chi connectivity index (χ4n) is 2.73. The highest BCUT2D eigenvalue weighted by Crippen LogP contribution is 2.25. The summed E-state index contributed by atoms with van der Waals surface area (Å²) >= 11 is 0. The van der Waals surface area contributed by atoms with Gasteiger partial charge in [0.2, 0.25) is 0 Å². The van der Waals surface area contributed by atoms with Crippen molar-refractivity contribution in [3.63, 3.8) is 0 Å². The first-order valence-electron chi connectivity index (χ1n) is 8.42. The fraction of sp³-hybridized carbons (Fsp3) is 0.350. The zero-order valence-electron chi connectivity index (χ0n) is 15.1. The molecule has 0 aromatic carbocycles. The second-order valence-electron chi connectivity index (χ2n) is 6.71. The average molecular weight is 333 g/mol. The van der Waals surface area contributed by atoms with Gasteiger partial charge in [-0.25, -0.2) is 9.98 Å². The first kappa shape index (κ1) is 17.1. The van der Waals surface area contributed by atoms with E-state index in [4.69, 9.17) is 5.41 Å². The van der Waals surface area contributed by atoms with Crippen molar-refractivity contribution in [2.24, 2.45) is 16.8 Å². The van der Waals surface area contributed by atoms with E-state index in [2.05, 4.69) is 39.8 Å². The van der Waals surface area contributed by atoms with Crippen LogP contribution in [0.3, 0.4) is 0 Å². The maximum atomic E-state index is 8.23. The maximum absolute atomic E-state index is 8.23. The first-order valence-corrected chi connectivity index (χ1v) is 8.42. The monoisotopic (exact) mass is 333 g/mol. The minimum Gasteiger partial charge on any atom is -0.345 e. The SMILES string of the molecule is CC1C=CC(c2c[nH]c3nccc(C#CCN(C)C)c23)=NC(=N)C1C. The van der Waals surface area contributed by atoms with Crippen LogP contribution in [-0.4, -0.2) is 47.1 Å². The summed E-state index contributed by atoms with van der Waals surface area (Å²) in [5.74, 6) is 7.23. The van der Waals surface area contributed by atoms with E-state index in [1.807, 2.05) is 44.3 Å². The molecular weight excluding hydrogens is 310 g/mol. The van der Waals surface area contributed by atoms with Gasteiger partial charge in [0.1, 0.15) is 11.5 Å². The lowest BCUT2D eigenvalue weighted by Crippen LogP contribution is -2.13. The van der Waals surface area contributed by atoms with Gasteiger partial charge < -0.3 is 4.98 Å². The van der Waals surface area contributed by atoms with E-state index >= 15 is 0 Å². The Hall–Kier alpha value is -2.71. The summed E-state index contributed by atoms with van der Waals surface area (Å²) in [6.45, 7) is 4.85. The summed E-state index contributed by atoms with van der Waals surface area (Å²) in [4.78, 5) is 14.2. The molecule has 0 bridgehead atoms. The van der Waals surface area contributed by atoms with E-state index < -0.39 is 0 Å². The van der Waals surface area contributed by atoms with Crippen LogP contribution in [0.25, 0.3) is 11.0 Å². The van der Waals surface area contributed by atoms with Gasteiger partial charge in [-0.15, -0.1) is 0 Å². The van der Waals surface area contributed by atoms with Gasteiger partial charge in [0.15, 0.2) is 0 Å². The van der Waals surface area contributed by atoms with Crippen LogP contribution in [0.5, 0.6) is 0 Å². The zero-order chi connectivity index (χ0) is 18.0. The molecule has 0 fully saturated rings. The Morgan fingerprint density at radius 3 is 2.88 bits per heavy atom. The molecule has 5 nitrogen and oxygen atoms in total. The number of aliphatic imine (C=N–C) groups is 1. The lowest BCUT2D eigenvalue weighted by molar-refractivity contribution is 0.464. The third-order valence-electron chi connectivity index (χ3n) is 4.49. The summed E-state index contributed by atoms with van der Waals surface area (Å²) in [5, 5.41) is 9.20. The van der Waals surface area contributed by atoms with Crippen molar-refractivity contribution in [3.05, 3.63) is 41.7 Å². The summed E-state index contributed by atoms with van der Waals surface area (Å²) in [6, 6.07) is 1.93. The van der Waals surface area contributed by atoms with Crippen LogP contribution in [0.2, 0.25) is 0 Å². The van der Waals surface area contributed by atoms with Gasteiger partial charge in [-0.2, -0.15) is 0 Å². The van der Waals surface area contributed by atoms with Gasteiger partial charge in [-0.05, 0) is 32.2 Å². The predicted molar refractivity (Wildman–Crippen MR) is 103 cm³/mol. The Bertz CT molecular complexity index is 920. The number of hydrogen-bond acceptors (Lipinski definition) is 3. The summed E-state index contributed by atoms with van der Waals surface area (Å²) < 4.78 is 0. The molecule has 0 saturated carbocycles. The van der Waals surface area contributed by atoms with E-state index in [0.29, 0.717) is 12.4 Å². The normalized spacial score (nSPS) is 20.4. The molecule has 5 heteroatoms. The predicted octanol–water partition coefficient (Wildman–Crippen LogP) is 3.08. The van der Waals surface area contributed by atoms with Crippen molar-refractivity contribution in [1.29, 1.82) is 5.41 Å². The van der Waals surface area contributed by atoms with Crippen LogP contribution >= 0.6 is 0 Å². The molecule has 3 heterocycles. The van der Waals surface area contributed by atoms with Crippen LogP contribution < -0.4 is 0 Å². The van der Waals surface area contributed by atoms with E-state index in [0.717, 1.165) is 27.9 Å². The number of hydrogen-bond donors (Lipinski definition) is 2. The van der Waals surface area contributed by atoms with Gasteiger partial charge in [0.05, 0.1) is 12.3 Å². The molecule has 2 aromatic heterocycles. The Morgan fingerprint density at radius 1 is 1.32 bits per heavy atom. The zero-order valence-corrected chi connectivity index (χ0v) is 15.1. The number of nitrogens with zero attached hydrogens (tertiary/aromatic N) is 3. The molecule has 0 aliphatic carbocycles. The van der Waals surface area contributed by atoms with Crippen molar-refractivity contribution in [1.82, 2.24) is 14.9 Å². The molecule has 1 aliphatic rings. The lowest BCUT2D eigenvalue weighted by atomic mass is 9.95. The van der Waals surface area contributed by atoms with Crippen molar-refractivity contribution >= 4 is 22.6 Å². The van der Waals surface area contributed by atoms with Crippen molar-refractivity contribution in [2.45, 2.75) is 13.8 Å². The van der Waals surface area contributed by atoms with Gasteiger partial charge in [-0.1, -0.05) is 31.8 Å². The second-order valence-corrected chi connectivity index (χ2v) is 6.71. The smallest absolute Gasteiger partial charge is 0.139 e. The minimum atomic E-state index is 0.108. The number of H-pyrrole nitrogens is 1. The molecule has 0 radical (unpaired) electrons. The number of amidine groups is 1. The minimum absolute atomic E-state index is 0.108. The van der Waals surface area contributed by atoms with Gasteiger partial charge in [0, 0.05) is 34.8 Å². The van der Waals surface area contributed by atoms with E-state index in [1.165, 1.54) is 0 Å². The molecular formula is C20H23N5. The van der Waals surface area contributed by atoms with Crippen LogP contribution in [0.15, 0.2) is 35.6 Å². The van der Waals surface area contributed by atoms with E-state index in [9.17, 15) is 0 Å². The topological polar surface area (TPSA) is 68.1 Å². The van der Waals surface area contributed by atoms with Crippen LogP contribution in [-0.2, 0) is 0 Å². The molecule has 0 saturated heterocycles. The van der Waals surface area contributed by atoms with Crippen LogP contribution in [0.1, 0.15) is 25.0 Å². The van der Waals surface area contributed by atoms with E-state index in [-0.39, 0.29) is 11.8 Å². The highest BCUT2D eigenvalue weighted by atomic mass is 15.0. The molecule has 2 N–H and O–H groups in total. The van der Waals surface area contributed by atoms with Crippen LogP contribution in [0, 0.1) is 29.1 Å². The van der Waals surface area contributed by atoms with Crippen molar-refractivity contribution in [3.8, 4) is 11.8 Å². The molecule has 0 spiro atoms. The molecule has 25 heavy (non-hydrogen) atoms. The Labute approximate surface area is 148 Å². The molecule has 2 atom stereocenters. The van der Waals surface area contributed by atoms with Crippen LogP contribution in [0.4, 0.5) is 0 Å². The number of aromatic nitrogens is 2. The van der Waals surface area contributed by atoms with Gasteiger partial charge in [0.25, 0.3) is 0 Å². The average Bonchev–Trinajstić information content (AvgIpc) is 2.97.